The van der Waals surface area contributed by atoms with Gasteiger partial charge in [0, 0.05) is 36.8 Å². The predicted octanol–water partition coefficient (Wildman–Crippen LogP) is 2.79. The predicted molar refractivity (Wildman–Crippen MR) is 84.9 cm³/mol. The number of rotatable bonds is 2. The minimum atomic E-state index is 0.00982. The van der Waals surface area contributed by atoms with Gasteiger partial charge in [-0.1, -0.05) is 17.7 Å². The molecule has 21 heavy (non-hydrogen) atoms. The summed E-state index contributed by atoms with van der Waals surface area (Å²) in [6.07, 6.45) is 0.425. The van der Waals surface area contributed by atoms with Crippen molar-refractivity contribution >= 4 is 22.5 Å². The molecule has 1 N–H and O–H groups in total. The van der Waals surface area contributed by atoms with E-state index in [9.17, 15) is 4.79 Å². The van der Waals surface area contributed by atoms with Gasteiger partial charge in [-0.2, -0.15) is 0 Å². The molecule has 4 nitrogen and oxygen atoms in total. The molecule has 0 bridgehead atoms. The summed E-state index contributed by atoms with van der Waals surface area (Å²) in [4.78, 5) is 17.8. The third-order valence-electron chi connectivity index (χ3n) is 3.76. The molecule has 1 aliphatic heterocycles. The van der Waals surface area contributed by atoms with Crippen molar-refractivity contribution in [1.82, 2.24) is 9.88 Å². The van der Waals surface area contributed by atoms with Gasteiger partial charge in [-0.3, -0.25) is 9.69 Å². The quantitative estimate of drug-likeness (QED) is 0.928. The van der Waals surface area contributed by atoms with E-state index in [1.807, 2.05) is 0 Å². The molecular formula is C16H19ClN2O2. The number of H-pyrrole nitrogens is 1. The minimum absolute atomic E-state index is 0.00982. The number of benzene rings is 1. The van der Waals surface area contributed by atoms with Gasteiger partial charge in [0.2, 0.25) is 0 Å². The number of fused-ring (bicyclic) bond motifs is 1. The van der Waals surface area contributed by atoms with Crippen molar-refractivity contribution in [2.75, 3.05) is 13.1 Å². The number of ether oxygens (including phenoxy) is 1. The van der Waals surface area contributed by atoms with Crippen LogP contribution >= 0.6 is 11.6 Å². The molecule has 1 fully saturated rings. The van der Waals surface area contributed by atoms with E-state index in [1.54, 1.807) is 24.3 Å². The van der Waals surface area contributed by atoms with Crippen LogP contribution in [0.5, 0.6) is 0 Å². The monoisotopic (exact) mass is 306 g/mol. The zero-order valence-corrected chi connectivity index (χ0v) is 13.0. The maximum atomic E-state index is 12.2. The first-order valence-corrected chi connectivity index (χ1v) is 7.59. The molecule has 2 heterocycles. The number of aromatic amines is 1. The lowest BCUT2D eigenvalue weighted by molar-refractivity contribution is -0.0707. The first-order chi connectivity index (χ1) is 10.0. The second-order valence-corrected chi connectivity index (χ2v) is 6.18. The third kappa shape index (κ3) is 3.12. The molecule has 1 aromatic carbocycles. The summed E-state index contributed by atoms with van der Waals surface area (Å²) in [5.41, 5.74) is 1.62. The third-order valence-corrected chi connectivity index (χ3v) is 4.07. The standard InChI is InChI=1S/C16H19ClN2O2/c1-10-7-19(8-11(2)21-10)9-12-6-15(20)13-4-3-5-14(17)16(13)18-12/h3-6,10-11H,7-9H2,1-2H3,(H,18,20)/t10-,11+. The van der Waals surface area contributed by atoms with Crippen LogP contribution in [0.4, 0.5) is 0 Å². The highest BCUT2D eigenvalue weighted by Crippen LogP contribution is 2.20. The number of hydrogen-bond acceptors (Lipinski definition) is 3. The van der Waals surface area contributed by atoms with Crippen molar-refractivity contribution in [3.63, 3.8) is 0 Å². The normalized spacial score (nSPS) is 23.6. The summed E-state index contributed by atoms with van der Waals surface area (Å²) >= 11 is 6.19. The summed E-state index contributed by atoms with van der Waals surface area (Å²) in [5.74, 6) is 0. The molecule has 0 amide bonds. The Balaban J connectivity index is 1.91. The van der Waals surface area contributed by atoms with Crippen molar-refractivity contribution in [2.45, 2.75) is 32.6 Å². The molecule has 112 valence electrons. The average Bonchev–Trinajstić information content (AvgIpc) is 2.39. The van der Waals surface area contributed by atoms with Gasteiger partial charge in [-0.05, 0) is 26.0 Å². The first kappa shape index (κ1) is 14.6. The van der Waals surface area contributed by atoms with E-state index >= 15 is 0 Å². The smallest absolute Gasteiger partial charge is 0.189 e. The maximum absolute atomic E-state index is 12.2. The summed E-state index contributed by atoms with van der Waals surface area (Å²) in [7, 11) is 0. The Bertz CT molecular complexity index is 703. The second kappa shape index (κ2) is 5.79. The Hall–Kier alpha value is -1.36. The Labute approximate surface area is 128 Å². The summed E-state index contributed by atoms with van der Waals surface area (Å²) < 4.78 is 5.73. The molecule has 0 aliphatic carbocycles. The van der Waals surface area contributed by atoms with Crippen LogP contribution in [-0.2, 0) is 11.3 Å². The topological polar surface area (TPSA) is 45.3 Å². The Morgan fingerprint density at radius 1 is 1.33 bits per heavy atom. The SMILES string of the molecule is C[C@@H]1CN(Cc2cc(=O)c3cccc(Cl)c3[nH]2)C[C@H](C)O1. The first-order valence-electron chi connectivity index (χ1n) is 7.21. The lowest BCUT2D eigenvalue weighted by Gasteiger charge is -2.35. The molecule has 0 saturated carbocycles. The number of pyridine rings is 1. The van der Waals surface area contributed by atoms with Crippen LogP contribution < -0.4 is 5.43 Å². The van der Waals surface area contributed by atoms with E-state index in [1.165, 1.54) is 0 Å². The summed E-state index contributed by atoms with van der Waals surface area (Å²) in [5, 5.41) is 1.21. The number of nitrogens with zero attached hydrogens (tertiary/aromatic N) is 1. The molecule has 0 spiro atoms. The number of halogens is 1. The average molecular weight is 307 g/mol. The summed E-state index contributed by atoms with van der Waals surface area (Å²) in [6.45, 7) is 6.58. The molecular weight excluding hydrogens is 288 g/mol. The number of nitrogens with one attached hydrogen (secondary N) is 1. The van der Waals surface area contributed by atoms with Crippen molar-refractivity contribution in [3.8, 4) is 0 Å². The van der Waals surface area contributed by atoms with Crippen LogP contribution in [0.15, 0.2) is 29.1 Å². The Morgan fingerprint density at radius 3 is 2.76 bits per heavy atom. The highest BCUT2D eigenvalue weighted by atomic mass is 35.5. The largest absolute Gasteiger partial charge is 0.373 e. The molecule has 2 atom stereocenters. The van der Waals surface area contributed by atoms with Gasteiger partial charge in [0.1, 0.15) is 0 Å². The fraction of sp³-hybridized carbons (Fsp3) is 0.438. The molecule has 3 rings (SSSR count). The zero-order valence-electron chi connectivity index (χ0n) is 12.2. The van der Waals surface area contributed by atoms with Crippen LogP contribution in [-0.4, -0.2) is 35.2 Å². The molecule has 1 saturated heterocycles. The number of para-hydroxylation sites is 1. The zero-order chi connectivity index (χ0) is 15.0. The van der Waals surface area contributed by atoms with Crippen LogP contribution in [0.3, 0.4) is 0 Å². The fourth-order valence-corrected chi connectivity index (χ4v) is 3.25. The molecule has 1 aliphatic rings. The van der Waals surface area contributed by atoms with Gasteiger partial charge in [-0.15, -0.1) is 0 Å². The van der Waals surface area contributed by atoms with Gasteiger partial charge in [0.25, 0.3) is 0 Å². The van der Waals surface area contributed by atoms with Gasteiger partial charge in [0.15, 0.2) is 5.43 Å². The number of aromatic nitrogens is 1. The Morgan fingerprint density at radius 2 is 2.05 bits per heavy atom. The minimum Gasteiger partial charge on any atom is -0.373 e. The molecule has 1 aromatic heterocycles. The highest BCUT2D eigenvalue weighted by Gasteiger charge is 2.22. The van der Waals surface area contributed by atoms with Crippen molar-refractivity contribution < 1.29 is 4.74 Å². The lowest BCUT2D eigenvalue weighted by atomic mass is 10.1. The van der Waals surface area contributed by atoms with Gasteiger partial charge >= 0.3 is 0 Å². The van der Waals surface area contributed by atoms with E-state index in [-0.39, 0.29) is 17.6 Å². The van der Waals surface area contributed by atoms with Crippen molar-refractivity contribution in [1.29, 1.82) is 0 Å². The fourth-order valence-electron chi connectivity index (χ4n) is 3.03. The van der Waals surface area contributed by atoms with Crippen LogP contribution in [0.2, 0.25) is 5.02 Å². The molecule has 2 aromatic rings. The number of hydrogen-bond donors (Lipinski definition) is 1. The van der Waals surface area contributed by atoms with Crippen molar-refractivity contribution in [2.24, 2.45) is 0 Å². The van der Waals surface area contributed by atoms with Crippen LogP contribution in [0.1, 0.15) is 19.5 Å². The number of morpholine rings is 1. The van der Waals surface area contributed by atoms with Gasteiger partial charge in [-0.25, -0.2) is 0 Å². The van der Waals surface area contributed by atoms with Crippen LogP contribution in [0, 0.1) is 0 Å². The van der Waals surface area contributed by atoms with E-state index < -0.39 is 0 Å². The van der Waals surface area contributed by atoms with Gasteiger partial charge < -0.3 is 9.72 Å². The maximum Gasteiger partial charge on any atom is 0.189 e. The van der Waals surface area contributed by atoms with E-state index in [2.05, 4.69) is 23.7 Å². The highest BCUT2D eigenvalue weighted by molar-refractivity contribution is 6.35. The molecule has 0 radical (unpaired) electrons. The summed E-state index contributed by atoms with van der Waals surface area (Å²) in [6, 6.07) is 7.06. The van der Waals surface area contributed by atoms with E-state index in [4.69, 9.17) is 16.3 Å². The van der Waals surface area contributed by atoms with E-state index in [0.717, 1.165) is 24.3 Å². The van der Waals surface area contributed by atoms with Gasteiger partial charge in [0.05, 0.1) is 22.7 Å². The van der Waals surface area contributed by atoms with Crippen molar-refractivity contribution in [3.05, 3.63) is 45.2 Å². The lowest BCUT2D eigenvalue weighted by Crippen LogP contribution is -2.45. The second-order valence-electron chi connectivity index (χ2n) is 5.77. The Kier molecular flexibility index (Phi) is 4.02. The van der Waals surface area contributed by atoms with E-state index in [0.29, 0.717) is 17.0 Å². The molecule has 5 heteroatoms. The molecule has 0 unspecified atom stereocenters. The van der Waals surface area contributed by atoms with Crippen LogP contribution in [0.25, 0.3) is 10.9 Å².